The number of aryl methyl sites for hydroxylation is 2. The first-order valence-corrected chi connectivity index (χ1v) is 15.3. The summed E-state index contributed by atoms with van der Waals surface area (Å²) < 4.78 is 62.0. The summed E-state index contributed by atoms with van der Waals surface area (Å²) in [5.74, 6) is 0.0369. The summed E-state index contributed by atoms with van der Waals surface area (Å²) in [4.78, 5) is 12.1. The number of nitrogens with two attached hydrogens (primary N) is 1. The second-order valence-corrected chi connectivity index (χ2v) is 11.7. The maximum absolute atomic E-state index is 12.1. The van der Waals surface area contributed by atoms with Gasteiger partial charge in [-0.05, 0) is 59.9 Å². The van der Waals surface area contributed by atoms with Gasteiger partial charge in [0.15, 0.2) is 5.75 Å². The van der Waals surface area contributed by atoms with E-state index in [4.69, 9.17) is 10.8 Å². The number of alkyl halides is 3. The predicted octanol–water partition coefficient (Wildman–Crippen LogP) is 7.36. The molecule has 3 aliphatic heterocycles. The fraction of sp³-hybridized carbons (Fsp3) is 0.182. The molecule has 240 valence electrons. The van der Waals surface area contributed by atoms with E-state index in [9.17, 15) is 26.7 Å². The van der Waals surface area contributed by atoms with Gasteiger partial charge < -0.3 is 20.1 Å². The Morgan fingerprint density at radius 3 is 1.67 bits per heavy atom. The normalized spacial score (nSPS) is 13.2. The Labute approximate surface area is 264 Å². The molecule has 0 amide bonds. The Hall–Kier alpha value is -5.17. The molecule has 46 heavy (non-hydrogen) atoms. The summed E-state index contributed by atoms with van der Waals surface area (Å²) in [5, 5.41) is 18.2. The van der Waals surface area contributed by atoms with Gasteiger partial charge in [-0.1, -0.05) is 54.6 Å². The Kier molecular flexibility index (Phi) is 10.5. The minimum Gasteiger partial charge on any atom is -0.506 e. The van der Waals surface area contributed by atoms with E-state index in [-0.39, 0.29) is 17.2 Å². The lowest BCUT2D eigenvalue weighted by Gasteiger charge is -2.11. The highest BCUT2D eigenvalue weighted by Crippen LogP contribution is 2.38. The number of phenolic OH excluding ortho intramolecular Hbond substituents is 2. The number of hydrogen-bond acceptors (Lipinski definition) is 9. The molecule has 0 aromatic heterocycles. The lowest BCUT2D eigenvalue weighted by molar-refractivity contribution is -0.0499. The molecule has 9 nitrogen and oxygen atoms in total. The fourth-order valence-corrected chi connectivity index (χ4v) is 4.91. The minimum atomic E-state index is -5.65. The molecule has 7 rings (SSSR count). The Morgan fingerprint density at radius 1 is 0.674 bits per heavy atom. The zero-order chi connectivity index (χ0) is 33.5. The Bertz CT molecular complexity index is 1840. The van der Waals surface area contributed by atoms with Gasteiger partial charge in [-0.2, -0.15) is 21.6 Å². The highest BCUT2D eigenvalue weighted by atomic mass is 32.2. The van der Waals surface area contributed by atoms with Gasteiger partial charge in [-0.3, -0.25) is 15.0 Å². The first-order chi connectivity index (χ1) is 21.8. The summed E-state index contributed by atoms with van der Waals surface area (Å²) in [7, 11) is -5.65. The molecular weight excluding hydrogens is 621 g/mol. The molecule has 13 heteroatoms. The van der Waals surface area contributed by atoms with E-state index >= 15 is 0 Å². The van der Waals surface area contributed by atoms with Gasteiger partial charge in [-0.15, -0.1) is 0 Å². The summed E-state index contributed by atoms with van der Waals surface area (Å²) in [6.45, 7) is 3.95. The first-order valence-electron chi connectivity index (χ1n) is 13.9. The highest BCUT2D eigenvalue weighted by molar-refractivity contribution is 7.88. The largest absolute Gasteiger partial charge is 0.534 e. The Balaban J connectivity index is 0.000000145. The van der Waals surface area contributed by atoms with Crippen molar-refractivity contribution in [2.24, 2.45) is 15.0 Å². The number of para-hydroxylation sites is 4. The molecule has 0 fully saturated rings. The maximum Gasteiger partial charge on any atom is 0.534 e. The van der Waals surface area contributed by atoms with Gasteiger partial charge in [0.25, 0.3) is 0 Å². The van der Waals surface area contributed by atoms with Crippen LogP contribution in [0.5, 0.6) is 17.2 Å². The van der Waals surface area contributed by atoms with Crippen LogP contribution in [0, 0.1) is 13.8 Å². The summed E-state index contributed by atoms with van der Waals surface area (Å²) in [6.07, 6.45) is 7.55. The van der Waals surface area contributed by atoms with Gasteiger partial charge in [-0.25, -0.2) is 0 Å². The van der Waals surface area contributed by atoms with E-state index in [1.54, 1.807) is 24.3 Å². The number of anilines is 1. The number of hydrogen-bond donors (Lipinski definition) is 3. The van der Waals surface area contributed by atoms with Crippen molar-refractivity contribution in [3.05, 3.63) is 101 Å². The van der Waals surface area contributed by atoms with E-state index in [1.807, 2.05) is 37.6 Å². The van der Waals surface area contributed by atoms with Crippen LogP contribution in [0.2, 0.25) is 0 Å². The van der Waals surface area contributed by atoms with Crippen LogP contribution in [0.15, 0.2) is 87.8 Å². The van der Waals surface area contributed by atoms with E-state index in [0.717, 1.165) is 35.7 Å². The van der Waals surface area contributed by atoms with Crippen molar-refractivity contribution in [1.29, 1.82) is 0 Å². The van der Waals surface area contributed by atoms with Gasteiger partial charge in [0.2, 0.25) is 0 Å². The maximum atomic E-state index is 12.1. The second-order valence-electron chi connectivity index (χ2n) is 10.2. The van der Waals surface area contributed by atoms with Crippen LogP contribution in [-0.4, -0.2) is 42.8 Å². The molecular formula is C33H31F3N4O5S. The molecule has 0 radical (unpaired) electrons. The standard InChI is InChI=1S/C9H6F3NO3S.C9H9N.C8H7NO.C7H9NO/c10-9(11,12)17(14,15)16-7-3-1-2-6-4-5-13-8(6)7;1-7-3-2-4-8-5-6-10-9(7)8;10-7-3-1-2-6-4-5-9-8(6)7;1-5-3-2-4-6(9)7(5)8/h1-3,5H,4H2;2-4,6H,5H2,1H3;1-3,5,10H,4H2;2-4,9H,8H2,1H3. The van der Waals surface area contributed by atoms with Crippen molar-refractivity contribution >= 4 is 51.5 Å². The Morgan fingerprint density at radius 2 is 1.13 bits per heavy atom. The van der Waals surface area contributed by atoms with Gasteiger partial charge >= 0.3 is 15.6 Å². The number of nitrogen functional groups attached to an aromatic ring is 1. The second kappa shape index (κ2) is 14.3. The van der Waals surface area contributed by atoms with Gasteiger partial charge in [0.1, 0.15) is 22.9 Å². The van der Waals surface area contributed by atoms with E-state index in [2.05, 4.69) is 44.3 Å². The van der Waals surface area contributed by atoms with Crippen LogP contribution in [0.3, 0.4) is 0 Å². The highest BCUT2D eigenvalue weighted by Gasteiger charge is 2.49. The van der Waals surface area contributed by atoms with Crippen LogP contribution in [0.4, 0.5) is 35.9 Å². The van der Waals surface area contributed by atoms with Gasteiger partial charge in [0, 0.05) is 37.9 Å². The predicted molar refractivity (Wildman–Crippen MR) is 174 cm³/mol. The molecule has 0 spiro atoms. The fourth-order valence-electron chi connectivity index (χ4n) is 4.44. The molecule has 4 N–H and O–H groups in total. The third-order valence-corrected chi connectivity index (χ3v) is 7.85. The van der Waals surface area contributed by atoms with Crippen molar-refractivity contribution in [3.8, 4) is 17.2 Å². The SMILES string of the molecule is Cc1cccc(O)c1N.Cc1cccc2c1N=CC2.O=S(=O)(Oc1cccc2c1N=CC2)C(F)(F)F.Oc1cccc2c1N=CC2. The minimum absolute atomic E-state index is 0.125. The lowest BCUT2D eigenvalue weighted by atomic mass is 10.1. The third-order valence-electron chi connectivity index (χ3n) is 6.88. The molecule has 0 unspecified atom stereocenters. The van der Waals surface area contributed by atoms with Crippen LogP contribution < -0.4 is 9.92 Å². The molecule has 0 saturated heterocycles. The van der Waals surface area contributed by atoms with E-state index < -0.39 is 21.4 Å². The number of benzene rings is 4. The van der Waals surface area contributed by atoms with Crippen molar-refractivity contribution in [1.82, 2.24) is 0 Å². The molecule has 0 atom stereocenters. The third kappa shape index (κ3) is 8.10. The van der Waals surface area contributed by atoms with E-state index in [0.29, 0.717) is 17.7 Å². The monoisotopic (exact) mass is 652 g/mol. The average molecular weight is 653 g/mol. The van der Waals surface area contributed by atoms with Crippen molar-refractivity contribution in [3.63, 3.8) is 0 Å². The molecule has 0 saturated carbocycles. The van der Waals surface area contributed by atoms with Crippen LogP contribution in [0.25, 0.3) is 0 Å². The molecule has 4 aromatic carbocycles. The van der Waals surface area contributed by atoms with Crippen molar-refractivity contribution in [2.45, 2.75) is 38.6 Å². The molecule has 3 heterocycles. The number of phenols is 2. The quantitative estimate of drug-likeness (QED) is 0.0892. The summed E-state index contributed by atoms with van der Waals surface area (Å²) in [6, 6.07) is 21.2. The number of nitrogens with zero attached hydrogens (tertiary/aromatic N) is 3. The number of aromatic hydroxyl groups is 2. The summed E-state index contributed by atoms with van der Waals surface area (Å²) >= 11 is 0. The van der Waals surface area contributed by atoms with Crippen molar-refractivity contribution < 1.29 is 36.0 Å². The molecule has 0 aliphatic carbocycles. The molecule has 3 aliphatic rings. The first kappa shape index (κ1) is 33.7. The van der Waals surface area contributed by atoms with Gasteiger partial charge in [0.05, 0.1) is 11.4 Å². The van der Waals surface area contributed by atoms with E-state index in [1.165, 1.54) is 29.1 Å². The average Bonchev–Trinajstić information content (AvgIpc) is 3.78. The summed E-state index contributed by atoms with van der Waals surface area (Å²) in [5.41, 5.74) is 7.79. The van der Waals surface area contributed by atoms with Crippen LogP contribution in [0.1, 0.15) is 27.8 Å². The molecule has 0 bridgehead atoms. The smallest absolute Gasteiger partial charge is 0.506 e. The number of aliphatic imine (C=N–C) groups is 3. The number of rotatable bonds is 2. The lowest BCUT2D eigenvalue weighted by Crippen LogP contribution is -2.28. The number of fused-ring (bicyclic) bond motifs is 3. The zero-order valence-electron chi connectivity index (χ0n) is 24.9. The molecule has 4 aromatic rings. The number of halogens is 3. The van der Waals surface area contributed by atoms with Crippen LogP contribution in [-0.2, 0) is 29.4 Å². The topological polar surface area (TPSA) is 147 Å². The zero-order valence-corrected chi connectivity index (χ0v) is 25.7. The van der Waals surface area contributed by atoms with Crippen LogP contribution >= 0.6 is 0 Å². The van der Waals surface area contributed by atoms with Crippen molar-refractivity contribution in [2.75, 3.05) is 5.73 Å².